The lowest BCUT2D eigenvalue weighted by atomic mass is 9.81. The molecule has 2 aliphatic heterocycles. The third-order valence-electron chi connectivity index (χ3n) is 5.84. The Morgan fingerprint density at radius 1 is 1.25 bits per heavy atom. The van der Waals surface area contributed by atoms with Crippen LogP contribution in [0.5, 0.6) is 0 Å². The van der Waals surface area contributed by atoms with Crippen LogP contribution in [0.25, 0.3) is 0 Å². The molecule has 1 aromatic rings. The van der Waals surface area contributed by atoms with Crippen molar-refractivity contribution < 1.29 is 24.3 Å². The lowest BCUT2D eigenvalue weighted by molar-refractivity contribution is -0.142. The van der Waals surface area contributed by atoms with Gasteiger partial charge in [-0.25, -0.2) is 9.97 Å². The molecule has 1 amide bonds. The first kappa shape index (κ1) is 21.0. The summed E-state index contributed by atoms with van der Waals surface area (Å²) in [6, 6.07) is -0.0220. The quantitative estimate of drug-likeness (QED) is 0.640. The molecule has 0 aliphatic carbocycles. The molecule has 0 spiro atoms. The van der Waals surface area contributed by atoms with Crippen LogP contribution in [0, 0.1) is 0 Å². The second kappa shape index (κ2) is 7.59. The van der Waals surface area contributed by atoms with E-state index >= 15 is 0 Å². The Hall–Kier alpha value is -1.75. The van der Waals surface area contributed by atoms with Crippen LogP contribution in [0.4, 0.5) is 5.95 Å². The predicted molar refractivity (Wildman–Crippen MR) is 104 cm³/mol. The maximum absolute atomic E-state index is 12.1. The van der Waals surface area contributed by atoms with Gasteiger partial charge in [0.1, 0.15) is 0 Å². The van der Waals surface area contributed by atoms with Crippen molar-refractivity contribution in [2.24, 2.45) is 0 Å². The van der Waals surface area contributed by atoms with Crippen molar-refractivity contribution in [1.82, 2.24) is 14.9 Å². The predicted octanol–water partition coefficient (Wildman–Crippen LogP) is -0.834. The van der Waals surface area contributed by atoms with E-state index < -0.39 is 36.9 Å². The largest absolute Gasteiger partial charge is 0.498 e. The molecule has 0 radical (unpaired) electrons. The molecule has 10 heteroatoms. The molecule has 0 saturated carbocycles. The monoisotopic (exact) mass is 392 g/mol. The van der Waals surface area contributed by atoms with Gasteiger partial charge in [0.25, 0.3) is 5.91 Å². The SMILES string of the molecule is CC1CN(C(=O)C(O)CO)CCN1c1ncc(B2OC(C)(C)C(C)(C)O2)cn1. The van der Waals surface area contributed by atoms with Crippen molar-refractivity contribution in [2.45, 2.75) is 58.0 Å². The molecule has 154 valence electrons. The third kappa shape index (κ3) is 3.87. The Balaban J connectivity index is 1.66. The van der Waals surface area contributed by atoms with Crippen molar-refractivity contribution in [3.63, 3.8) is 0 Å². The second-order valence-electron chi connectivity index (χ2n) is 8.43. The lowest BCUT2D eigenvalue weighted by Crippen LogP contribution is -2.56. The number of aromatic nitrogens is 2. The number of carbonyl (C=O) groups excluding carboxylic acids is 1. The number of amides is 1. The molecule has 2 N–H and O–H groups in total. The maximum atomic E-state index is 12.1. The Morgan fingerprint density at radius 3 is 2.32 bits per heavy atom. The van der Waals surface area contributed by atoms with Gasteiger partial charge in [-0.05, 0) is 34.6 Å². The molecule has 1 aromatic heterocycles. The number of aliphatic hydroxyl groups excluding tert-OH is 2. The highest BCUT2D eigenvalue weighted by Gasteiger charge is 2.52. The van der Waals surface area contributed by atoms with Gasteiger partial charge in [-0.15, -0.1) is 0 Å². The highest BCUT2D eigenvalue weighted by molar-refractivity contribution is 6.61. The molecule has 2 fully saturated rings. The van der Waals surface area contributed by atoms with Gasteiger partial charge in [-0.3, -0.25) is 4.79 Å². The molecule has 2 saturated heterocycles. The molecular weight excluding hydrogens is 363 g/mol. The van der Waals surface area contributed by atoms with Crippen molar-refractivity contribution in [1.29, 1.82) is 0 Å². The average molecular weight is 392 g/mol. The van der Waals surface area contributed by atoms with E-state index in [0.29, 0.717) is 25.6 Å². The van der Waals surface area contributed by atoms with Crippen molar-refractivity contribution in [2.75, 3.05) is 31.1 Å². The first-order valence-corrected chi connectivity index (χ1v) is 9.57. The molecule has 3 heterocycles. The number of carbonyl (C=O) groups is 1. The molecule has 2 aliphatic rings. The molecule has 3 rings (SSSR count). The number of aliphatic hydroxyl groups is 2. The minimum absolute atomic E-state index is 0.0220. The van der Waals surface area contributed by atoms with Crippen LogP contribution in [-0.2, 0) is 14.1 Å². The zero-order chi connectivity index (χ0) is 20.7. The molecule has 9 nitrogen and oxygen atoms in total. The summed E-state index contributed by atoms with van der Waals surface area (Å²) in [6.07, 6.45) is 2.06. The number of hydrogen-bond donors (Lipinski definition) is 2. The molecule has 2 atom stereocenters. The van der Waals surface area contributed by atoms with E-state index in [1.165, 1.54) is 0 Å². The maximum Gasteiger partial charge on any atom is 0.498 e. The molecule has 0 aromatic carbocycles. The Morgan fingerprint density at radius 2 is 1.82 bits per heavy atom. The van der Waals surface area contributed by atoms with Gasteiger partial charge in [-0.1, -0.05) is 0 Å². The van der Waals surface area contributed by atoms with E-state index in [0.717, 1.165) is 5.46 Å². The molecular formula is C18H29BN4O5. The highest BCUT2D eigenvalue weighted by Crippen LogP contribution is 2.36. The highest BCUT2D eigenvalue weighted by atomic mass is 16.7. The van der Waals surface area contributed by atoms with E-state index in [1.54, 1.807) is 17.3 Å². The van der Waals surface area contributed by atoms with Gasteiger partial charge in [0.2, 0.25) is 5.95 Å². The van der Waals surface area contributed by atoms with Crippen LogP contribution < -0.4 is 10.4 Å². The van der Waals surface area contributed by atoms with Gasteiger partial charge in [-0.2, -0.15) is 0 Å². The van der Waals surface area contributed by atoms with Crippen molar-refractivity contribution in [3.05, 3.63) is 12.4 Å². The summed E-state index contributed by atoms with van der Waals surface area (Å²) in [6.45, 7) is 10.8. The van der Waals surface area contributed by atoms with Gasteiger partial charge in [0, 0.05) is 43.5 Å². The number of hydrogen-bond acceptors (Lipinski definition) is 8. The van der Waals surface area contributed by atoms with Gasteiger partial charge in [0.15, 0.2) is 6.10 Å². The smallest absolute Gasteiger partial charge is 0.399 e. The van der Waals surface area contributed by atoms with Gasteiger partial charge in [0.05, 0.1) is 17.8 Å². The van der Waals surface area contributed by atoms with Crippen molar-refractivity contribution >= 4 is 24.4 Å². The van der Waals surface area contributed by atoms with Crippen LogP contribution in [0.3, 0.4) is 0 Å². The summed E-state index contributed by atoms with van der Waals surface area (Å²) in [7, 11) is -0.508. The van der Waals surface area contributed by atoms with Crippen molar-refractivity contribution in [3.8, 4) is 0 Å². The third-order valence-corrected chi connectivity index (χ3v) is 5.84. The van der Waals surface area contributed by atoms with Crippen LogP contribution in [0.15, 0.2) is 12.4 Å². The normalized spacial score (nSPS) is 25.1. The topological polar surface area (TPSA) is 108 Å². The Bertz CT molecular complexity index is 698. The Kier molecular flexibility index (Phi) is 5.68. The molecule has 0 bridgehead atoms. The number of nitrogens with zero attached hydrogens (tertiary/aromatic N) is 4. The summed E-state index contributed by atoms with van der Waals surface area (Å²) >= 11 is 0. The minimum atomic E-state index is -1.37. The summed E-state index contributed by atoms with van der Waals surface area (Å²) < 4.78 is 12.1. The van der Waals surface area contributed by atoms with E-state index in [4.69, 9.17) is 14.4 Å². The lowest BCUT2D eigenvalue weighted by Gasteiger charge is -2.40. The summed E-state index contributed by atoms with van der Waals surface area (Å²) in [5.41, 5.74) is -0.0883. The van der Waals surface area contributed by atoms with Gasteiger partial charge >= 0.3 is 7.12 Å². The van der Waals surface area contributed by atoms with Gasteiger partial charge < -0.3 is 29.3 Å². The first-order chi connectivity index (χ1) is 13.1. The van der Waals surface area contributed by atoms with Crippen LogP contribution in [0.1, 0.15) is 34.6 Å². The first-order valence-electron chi connectivity index (χ1n) is 9.57. The second-order valence-corrected chi connectivity index (χ2v) is 8.43. The van der Waals surface area contributed by atoms with E-state index in [9.17, 15) is 9.90 Å². The zero-order valence-corrected chi connectivity index (χ0v) is 17.1. The van der Waals surface area contributed by atoms with E-state index in [2.05, 4.69) is 9.97 Å². The number of rotatable bonds is 4. The fraction of sp³-hybridized carbons (Fsp3) is 0.722. The summed E-state index contributed by atoms with van der Waals surface area (Å²) in [5.74, 6) is 0.119. The fourth-order valence-corrected chi connectivity index (χ4v) is 3.32. The van der Waals surface area contributed by atoms with E-state index in [1.807, 2.05) is 39.5 Å². The van der Waals surface area contributed by atoms with E-state index in [-0.39, 0.29) is 6.04 Å². The fourth-order valence-electron chi connectivity index (χ4n) is 3.32. The summed E-state index contributed by atoms with van der Waals surface area (Å²) in [5, 5.41) is 18.5. The number of anilines is 1. The Labute approximate surface area is 165 Å². The average Bonchev–Trinajstić information content (AvgIpc) is 2.88. The zero-order valence-electron chi connectivity index (χ0n) is 17.1. The summed E-state index contributed by atoms with van der Waals surface area (Å²) in [4.78, 5) is 24.6. The van der Waals surface area contributed by atoms with Crippen LogP contribution >= 0.6 is 0 Å². The number of piperazine rings is 1. The standard InChI is InChI=1S/C18H29BN4O5/c1-12-10-22(15(26)14(25)11-24)6-7-23(12)16-20-8-13(9-21-16)19-27-17(2,3)18(4,5)28-19/h8-9,12,14,24-25H,6-7,10-11H2,1-5H3. The molecule has 28 heavy (non-hydrogen) atoms. The van der Waals surface area contributed by atoms with Crippen LogP contribution in [-0.4, -0.2) is 87.7 Å². The molecule has 2 unspecified atom stereocenters. The van der Waals surface area contributed by atoms with Crippen LogP contribution in [0.2, 0.25) is 0 Å². The minimum Gasteiger partial charge on any atom is -0.399 e.